The van der Waals surface area contributed by atoms with E-state index in [-0.39, 0.29) is 12.3 Å². The Bertz CT molecular complexity index is 939. The molecule has 0 fully saturated rings. The number of amides is 1. The summed E-state index contributed by atoms with van der Waals surface area (Å²) < 4.78 is 39.8. The summed E-state index contributed by atoms with van der Waals surface area (Å²) in [6.45, 7) is 1.63. The van der Waals surface area contributed by atoms with E-state index in [1.165, 1.54) is 12.3 Å². The van der Waals surface area contributed by atoms with Crippen molar-refractivity contribution in [2.75, 3.05) is 0 Å². The molecule has 0 unspecified atom stereocenters. The van der Waals surface area contributed by atoms with Gasteiger partial charge in [0.05, 0.1) is 0 Å². The van der Waals surface area contributed by atoms with Gasteiger partial charge in [-0.25, -0.2) is 13.5 Å². The van der Waals surface area contributed by atoms with Crippen molar-refractivity contribution in [3.8, 4) is 17.2 Å². The molecule has 2 aromatic carbocycles. The molecule has 0 aliphatic rings. The highest BCUT2D eigenvalue weighted by Gasteiger charge is 2.13. The van der Waals surface area contributed by atoms with Gasteiger partial charge in [-0.2, -0.15) is 5.10 Å². The summed E-state index contributed by atoms with van der Waals surface area (Å²) >= 11 is 0. The van der Waals surface area contributed by atoms with E-state index < -0.39 is 23.6 Å². The van der Waals surface area contributed by atoms with Crippen molar-refractivity contribution in [3.05, 3.63) is 72.1 Å². The highest BCUT2D eigenvalue weighted by Crippen LogP contribution is 2.22. The van der Waals surface area contributed by atoms with Gasteiger partial charge in [0, 0.05) is 12.3 Å². The van der Waals surface area contributed by atoms with Crippen molar-refractivity contribution in [3.63, 3.8) is 0 Å². The van der Waals surface area contributed by atoms with Gasteiger partial charge in [0.15, 0.2) is 17.7 Å². The number of carbonyl (C=O) groups excluding carboxylic acids is 1. The van der Waals surface area contributed by atoms with E-state index in [1.54, 1.807) is 37.3 Å². The molecule has 8 heteroatoms. The first-order chi connectivity index (χ1) is 12.9. The number of aromatic nitrogens is 2. The lowest BCUT2D eigenvalue weighted by molar-refractivity contribution is -0.123. The zero-order valence-electron chi connectivity index (χ0n) is 14.4. The third kappa shape index (κ3) is 4.41. The van der Waals surface area contributed by atoms with Gasteiger partial charge < -0.3 is 15.2 Å². The summed E-state index contributed by atoms with van der Waals surface area (Å²) in [7, 11) is 0. The molecular weight excluding hydrogens is 356 g/mol. The van der Waals surface area contributed by atoms with Crippen LogP contribution in [0, 0.1) is 11.6 Å². The number of ether oxygens (including phenoxy) is 2. The second-order valence-corrected chi connectivity index (χ2v) is 5.75. The third-order valence-electron chi connectivity index (χ3n) is 3.72. The Morgan fingerprint density at radius 2 is 1.81 bits per heavy atom. The fourth-order valence-corrected chi connectivity index (χ4v) is 2.33. The van der Waals surface area contributed by atoms with Crippen LogP contribution in [0.2, 0.25) is 0 Å². The summed E-state index contributed by atoms with van der Waals surface area (Å²) in [6, 6.07) is 11.9. The number of benzene rings is 2. The molecule has 6 nitrogen and oxygen atoms in total. The normalized spacial score (nSPS) is 11.8. The highest BCUT2D eigenvalue weighted by molar-refractivity contribution is 5.78. The van der Waals surface area contributed by atoms with Gasteiger partial charge in [0.25, 0.3) is 5.91 Å². The maximum atomic E-state index is 13.8. The van der Waals surface area contributed by atoms with E-state index >= 15 is 0 Å². The monoisotopic (exact) mass is 373 g/mol. The topological polar surface area (TPSA) is 79.4 Å². The molecule has 140 valence electrons. The Balaban J connectivity index is 1.68. The Kier molecular flexibility index (Phi) is 5.35. The number of halogens is 2. The van der Waals surface area contributed by atoms with Crippen LogP contribution in [-0.2, 0) is 11.4 Å². The van der Waals surface area contributed by atoms with E-state index in [9.17, 15) is 13.6 Å². The van der Waals surface area contributed by atoms with Gasteiger partial charge in [0.1, 0.15) is 29.5 Å². The number of hydrogen-bond acceptors (Lipinski definition) is 4. The maximum absolute atomic E-state index is 13.8. The largest absolute Gasteiger partial charge is 0.487 e. The number of rotatable bonds is 7. The summed E-state index contributed by atoms with van der Waals surface area (Å²) in [6.07, 6.45) is 0.681. The van der Waals surface area contributed by atoms with E-state index in [4.69, 9.17) is 15.2 Å². The van der Waals surface area contributed by atoms with Crippen molar-refractivity contribution in [2.24, 2.45) is 5.73 Å². The van der Waals surface area contributed by atoms with Gasteiger partial charge in [-0.15, -0.1) is 0 Å². The fourth-order valence-electron chi connectivity index (χ4n) is 2.33. The second-order valence-electron chi connectivity index (χ2n) is 5.75. The molecule has 0 aliphatic heterocycles. The van der Waals surface area contributed by atoms with Crippen LogP contribution >= 0.6 is 0 Å². The lowest BCUT2D eigenvalue weighted by Crippen LogP contribution is -2.30. The van der Waals surface area contributed by atoms with Crippen molar-refractivity contribution < 1.29 is 23.0 Å². The quantitative estimate of drug-likeness (QED) is 0.691. The summed E-state index contributed by atoms with van der Waals surface area (Å²) in [4.78, 5) is 11.1. The number of hydrogen-bond donors (Lipinski definition) is 1. The van der Waals surface area contributed by atoms with Crippen LogP contribution in [-0.4, -0.2) is 21.8 Å². The zero-order chi connectivity index (χ0) is 19.4. The molecule has 1 amide bonds. The van der Waals surface area contributed by atoms with Crippen LogP contribution in [0.5, 0.6) is 11.5 Å². The van der Waals surface area contributed by atoms with E-state index in [0.29, 0.717) is 17.2 Å². The van der Waals surface area contributed by atoms with Gasteiger partial charge in [-0.1, -0.05) is 12.1 Å². The summed E-state index contributed by atoms with van der Waals surface area (Å²) in [5.41, 5.74) is 5.40. The Hall–Kier alpha value is -3.42. The van der Waals surface area contributed by atoms with Gasteiger partial charge in [0.2, 0.25) is 0 Å². The van der Waals surface area contributed by atoms with Gasteiger partial charge >= 0.3 is 0 Å². The Morgan fingerprint density at radius 1 is 1.15 bits per heavy atom. The van der Waals surface area contributed by atoms with Crippen LogP contribution in [0.15, 0.2) is 54.7 Å². The average molecular weight is 373 g/mol. The number of primary amides is 1. The molecule has 3 aromatic rings. The summed E-state index contributed by atoms with van der Waals surface area (Å²) in [5, 5.41) is 4.13. The van der Waals surface area contributed by atoms with Crippen LogP contribution in [0.1, 0.15) is 12.6 Å². The highest BCUT2D eigenvalue weighted by atomic mass is 19.1. The summed E-state index contributed by atoms with van der Waals surface area (Å²) in [5.74, 6) is -1.08. The standard InChI is InChI=1S/C19H17F2N3O3/c1-12(19(22)25)27-15-5-2-4-14(10-15)26-11-13-8-9-24(23-13)18-16(20)6-3-7-17(18)21/h2-10,12H,11H2,1H3,(H2,22,25)/t12-/m0/s1. The van der Waals surface area contributed by atoms with Gasteiger partial charge in [-0.3, -0.25) is 4.79 Å². The smallest absolute Gasteiger partial charge is 0.258 e. The fraction of sp³-hybridized carbons (Fsp3) is 0.158. The number of para-hydroxylation sites is 1. The van der Waals surface area contributed by atoms with Crippen LogP contribution in [0.4, 0.5) is 8.78 Å². The molecule has 1 heterocycles. The SMILES string of the molecule is C[C@H](Oc1cccc(OCc2ccn(-c3c(F)cccc3F)n2)c1)C(N)=O. The maximum Gasteiger partial charge on any atom is 0.258 e. The van der Waals surface area contributed by atoms with Crippen molar-refractivity contribution in [1.82, 2.24) is 9.78 Å². The molecule has 0 bridgehead atoms. The molecule has 1 atom stereocenters. The van der Waals surface area contributed by atoms with Crippen LogP contribution < -0.4 is 15.2 Å². The molecule has 2 N–H and O–H groups in total. The van der Waals surface area contributed by atoms with Crippen molar-refractivity contribution >= 4 is 5.91 Å². The third-order valence-corrected chi connectivity index (χ3v) is 3.72. The molecule has 0 saturated carbocycles. The predicted octanol–water partition coefficient (Wildman–Crippen LogP) is 2.98. The molecule has 0 radical (unpaired) electrons. The zero-order valence-corrected chi connectivity index (χ0v) is 14.4. The molecular formula is C19H17F2N3O3. The number of nitrogens with zero attached hydrogens (tertiary/aromatic N) is 2. The number of carbonyl (C=O) groups is 1. The second kappa shape index (κ2) is 7.86. The first-order valence-corrected chi connectivity index (χ1v) is 8.12. The number of nitrogens with two attached hydrogens (primary N) is 1. The van der Waals surface area contributed by atoms with E-state index in [1.807, 2.05) is 0 Å². The lowest BCUT2D eigenvalue weighted by Gasteiger charge is -2.12. The molecule has 1 aromatic heterocycles. The predicted molar refractivity (Wildman–Crippen MR) is 93.5 cm³/mol. The Morgan fingerprint density at radius 3 is 2.52 bits per heavy atom. The van der Waals surface area contributed by atoms with Crippen LogP contribution in [0.3, 0.4) is 0 Å². The van der Waals surface area contributed by atoms with E-state index in [0.717, 1.165) is 16.8 Å². The minimum absolute atomic E-state index is 0.0812. The minimum atomic E-state index is -0.772. The first kappa shape index (κ1) is 18.4. The Labute approximate surface area is 154 Å². The van der Waals surface area contributed by atoms with Crippen LogP contribution in [0.25, 0.3) is 5.69 Å². The molecule has 27 heavy (non-hydrogen) atoms. The van der Waals surface area contributed by atoms with E-state index in [2.05, 4.69) is 5.10 Å². The first-order valence-electron chi connectivity index (χ1n) is 8.12. The molecule has 3 rings (SSSR count). The molecule has 0 spiro atoms. The van der Waals surface area contributed by atoms with Crippen molar-refractivity contribution in [1.29, 1.82) is 0 Å². The average Bonchev–Trinajstić information content (AvgIpc) is 3.08. The molecule has 0 saturated heterocycles. The molecule has 0 aliphatic carbocycles. The van der Waals surface area contributed by atoms with Gasteiger partial charge in [-0.05, 0) is 37.3 Å². The minimum Gasteiger partial charge on any atom is -0.487 e. The van der Waals surface area contributed by atoms with Crippen molar-refractivity contribution in [2.45, 2.75) is 19.6 Å². The lowest BCUT2D eigenvalue weighted by atomic mass is 10.3.